The molecule has 48 valence electrons. The predicted molar refractivity (Wildman–Crippen MR) is 30.6 cm³/mol. The molecular formula is C6H12O2. The smallest absolute Gasteiger partial charge is 0.162 e. The molecular weight excluding hydrogens is 104 g/mol. The summed E-state index contributed by atoms with van der Waals surface area (Å²) < 4.78 is 24.6. The van der Waals surface area contributed by atoms with Crippen LogP contribution in [0.25, 0.3) is 0 Å². The van der Waals surface area contributed by atoms with Crippen LogP contribution in [0.5, 0.6) is 0 Å². The van der Waals surface area contributed by atoms with Crippen LogP contribution in [0.4, 0.5) is 0 Å². The summed E-state index contributed by atoms with van der Waals surface area (Å²) in [5, 5.41) is 0. The Morgan fingerprint density at radius 1 is 1.38 bits per heavy atom. The molecule has 1 rings (SSSR count). The number of hydrogen-bond donors (Lipinski definition) is 0. The molecule has 2 nitrogen and oxygen atoms in total. The lowest BCUT2D eigenvalue weighted by atomic mass is 10.3. The van der Waals surface area contributed by atoms with Gasteiger partial charge >= 0.3 is 0 Å². The minimum Gasteiger partial charge on any atom is -0.350 e. The average molecular weight is 118 g/mol. The van der Waals surface area contributed by atoms with Gasteiger partial charge in [0.25, 0.3) is 0 Å². The maximum Gasteiger partial charge on any atom is 0.162 e. The van der Waals surface area contributed by atoms with Crippen molar-refractivity contribution in [3.8, 4) is 0 Å². The van der Waals surface area contributed by atoms with Gasteiger partial charge in [-0.2, -0.15) is 0 Å². The quantitative estimate of drug-likeness (QED) is 0.475. The molecule has 0 aromatic carbocycles. The summed E-state index contributed by atoms with van der Waals surface area (Å²) in [6, 6.07) is 0. The summed E-state index contributed by atoms with van der Waals surface area (Å²) in [4.78, 5) is 0. The third-order valence-corrected chi connectivity index (χ3v) is 0.927. The predicted octanol–water partition coefficient (Wildman–Crippen LogP) is 1.16. The Kier molecular flexibility index (Phi) is 0.980. The Bertz CT molecular complexity index is 115. The summed E-state index contributed by atoms with van der Waals surface area (Å²) in [6.45, 7) is 2.22. The van der Waals surface area contributed by atoms with Crippen LogP contribution in [0.1, 0.15) is 23.0 Å². The molecule has 0 N–H and O–H groups in total. The molecule has 2 atom stereocenters. The monoisotopic (exact) mass is 118 g/mol. The molecule has 2 unspecified atom stereocenters. The van der Waals surface area contributed by atoms with E-state index in [2.05, 4.69) is 0 Å². The van der Waals surface area contributed by atoms with Gasteiger partial charge in [0.2, 0.25) is 0 Å². The lowest BCUT2D eigenvalue weighted by Gasteiger charge is -2.29. The van der Waals surface area contributed by atoms with Crippen LogP contribution in [0.15, 0.2) is 0 Å². The first kappa shape index (κ1) is 3.85. The van der Waals surface area contributed by atoms with Crippen molar-refractivity contribution in [2.75, 3.05) is 13.2 Å². The molecule has 0 saturated carbocycles. The van der Waals surface area contributed by atoms with E-state index in [1.54, 1.807) is 13.8 Å². The number of ether oxygens (including phenoxy) is 2. The molecule has 1 heterocycles. The number of hydrogen-bond acceptors (Lipinski definition) is 2. The minimum atomic E-state index is -0.753. The van der Waals surface area contributed by atoms with Crippen molar-refractivity contribution in [2.24, 2.45) is 0 Å². The van der Waals surface area contributed by atoms with Crippen molar-refractivity contribution in [3.63, 3.8) is 0 Å². The van der Waals surface area contributed by atoms with Crippen LogP contribution < -0.4 is 0 Å². The third kappa shape index (κ3) is 1.46. The van der Waals surface area contributed by atoms with Crippen LogP contribution in [-0.4, -0.2) is 19.0 Å². The van der Waals surface area contributed by atoms with Crippen molar-refractivity contribution in [2.45, 2.75) is 26.1 Å². The first-order valence-electron chi connectivity index (χ1n) is 3.85. The molecule has 0 radical (unpaired) electrons. The van der Waals surface area contributed by atoms with Gasteiger partial charge < -0.3 is 9.47 Å². The molecule has 0 bridgehead atoms. The second kappa shape index (κ2) is 2.03. The molecule has 1 fully saturated rings. The van der Waals surface area contributed by atoms with E-state index >= 15 is 0 Å². The van der Waals surface area contributed by atoms with Gasteiger partial charge in [0.1, 0.15) is 0 Å². The van der Waals surface area contributed by atoms with E-state index < -0.39 is 19.0 Å². The van der Waals surface area contributed by atoms with Gasteiger partial charge in [-0.1, -0.05) is 0 Å². The fraction of sp³-hybridized carbons (Fsp3) is 1.00. The molecule has 0 amide bonds. The van der Waals surface area contributed by atoms with Crippen LogP contribution in [-0.2, 0) is 9.47 Å². The van der Waals surface area contributed by atoms with Gasteiger partial charge in [-0.05, 0) is 20.3 Å². The largest absolute Gasteiger partial charge is 0.350 e. The maximum atomic E-state index is 7.24. The normalized spacial score (nSPS) is 49.8. The molecule has 0 aliphatic carbocycles. The summed E-state index contributed by atoms with van der Waals surface area (Å²) >= 11 is 0. The highest BCUT2D eigenvalue weighted by Crippen LogP contribution is 2.15. The first-order chi connectivity index (χ1) is 4.49. The van der Waals surface area contributed by atoms with Gasteiger partial charge in [0.05, 0.1) is 15.9 Å². The zero-order valence-electron chi connectivity index (χ0n) is 7.18. The Labute approximate surface area is 52.6 Å². The van der Waals surface area contributed by atoms with Crippen LogP contribution >= 0.6 is 0 Å². The average Bonchev–Trinajstić information content (AvgIpc) is 1.54. The van der Waals surface area contributed by atoms with Crippen molar-refractivity contribution in [3.05, 3.63) is 0 Å². The van der Waals surface area contributed by atoms with E-state index in [0.717, 1.165) is 0 Å². The van der Waals surface area contributed by atoms with Crippen molar-refractivity contribution in [1.29, 1.82) is 0 Å². The third-order valence-electron chi connectivity index (χ3n) is 0.927. The fourth-order valence-electron chi connectivity index (χ4n) is 0.565. The molecule has 8 heavy (non-hydrogen) atoms. The topological polar surface area (TPSA) is 18.5 Å². The maximum absolute atomic E-state index is 7.24. The number of rotatable bonds is 0. The molecule has 1 aliphatic rings. The van der Waals surface area contributed by atoms with E-state index in [0.29, 0.717) is 6.42 Å². The van der Waals surface area contributed by atoms with Crippen LogP contribution in [0, 0.1) is 0 Å². The van der Waals surface area contributed by atoms with E-state index in [1.807, 2.05) is 0 Å². The van der Waals surface area contributed by atoms with Crippen molar-refractivity contribution < 1.29 is 12.2 Å². The molecule has 0 spiro atoms. The molecule has 1 saturated heterocycles. The first-order valence-corrected chi connectivity index (χ1v) is 2.70. The van der Waals surface area contributed by atoms with E-state index in [-0.39, 0.29) is 0 Å². The lowest BCUT2D eigenvalue weighted by molar-refractivity contribution is -0.244. The second-order valence-corrected chi connectivity index (χ2v) is 2.20. The summed E-state index contributed by atoms with van der Waals surface area (Å²) in [5.74, 6) is -0.753. The van der Waals surface area contributed by atoms with Gasteiger partial charge in [-0.25, -0.2) is 0 Å². The summed E-state index contributed by atoms with van der Waals surface area (Å²) in [5.41, 5.74) is 0. The lowest BCUT2D eigenvalue weighted by Crippen LogP contribution is -2.33. The zero-order chi connectivity index (χ0) is 7.78. The highest BCUT2D eigenvalue weighted by Gasteiger charge is 2.21. The van der Waals surface area contributed by atoms with Gasteiger partial charge in [-0.15, -0.1) is 0 Å². The highest BCUT2D eigenvalue weighted by molar-refractivity contribution is 4.57. The van der Waals surface area contributed by atoms with Crippen molar-refractivity contribution in [1.82, 2.24) is 0 Å². The second-order valence-electron chi connectivity index (χ2n) is 2.20. The molecule has 0 aromatic heterocycles. The Hall–Kier alpha value is -0.0800. The summed E-state index contributed by atoms with van der Waals surface area (Å²) in [6.07, 6.45) is 0.337. The van der Waals surface area contributed by atoms with E-state index in [1.165, 1.54) is 0 Å². The molecule has 0 aromatic rings. The van der Waals surface area contributed by atoms with Crippen LogP contribution in [0.2, 0.25) is 0 Å². The standard InChI is InChI=1S/C6H12O2/c1-6(2)7-4-3-5-8-6/h3-5H2,1-2H3/i4D,5D. The minimum absolute atomic E-state index is 0.337. The zero-order valence-corrected chi connectivity index (χ0v) is 5.18. The summed E-state index contributed by atoms with van der Waals surface area (Å²) in [7, 11) is 0. The Morgan fingerprint density at radius 3 is 2.25 bits per heavy atom. The van der Waals surface area contributed by atoms with Gasteiger partial charge in [0.15, 0.2) is 5.79 Å². The SMILES string of the molecule is [2H]C1CC([2H])OC(C)(C)O1. The molecule has 2 heteroatoms. The molecule has 1 aliphatic heterocycles. The van der Waals surface area contributed by atoms with Crippen LogP contribution in [0.3, 0.4) is 0 Å². The Morgan fingerprint density at radius 2 is 1.88 bits per heavy atom. The van der Waals surface area contributed by atoms with Crippen molar-refractivity contribution >= 4 is 0 Å². The van der Waals surface area contributed by atoms with Gasteiger partial charge in [0, 0.05) is 0 Å². The van der Waals surface area contributed by atoms with E-state index in [9.17, 15) is 0 Å². The Balaban J connectivity index is 2.51. The van der Waals surface area contributed by atoms with Gasteiger partial charge in [-0.3, -0.25) is 0 Å². The van der Waals surface area contributed by atoms with E-state index in [4.69, 9.17) is 12.2 Å². The highest BCUT2D eigenvalue weighted by atomic mass is 16.7. The fourth-order valence-corrected chi connectivity index (χ4v) is 0.565.